The molecule has 1 atom stereocenters. The Morgan fingerprint density at radius 3 is 2.21 bits per heavy atom. The van der Waals surface area contributed by atoms with Crippen molar-refractivity contribution in [2.75, 3.05) is 11.9 Å². The number of benzene rings is 4. The molecule has 0 saturated heterocycles. The van der Waals surface area contributed by atoms with E-state index in [1.807, 2.05) is 119 Å². The molecule has 8 rings (SSSR count). The monoisotopic (exact) mass is 690 g/mol. The van der Waals surface area contributed by atoms with Crippen LogP contribution in [0.25, 0.3) is 16.8 Å². The topological polar surface area (TPSA) is 94.8 Å². The number of amides is 3. The van der Waals surface area contributed by atoms with Crippen molar-refractivity contribution in [2.24, 2.45) is 0 Å². The van der Waals surface area contributed by atoms with E-state index in [1.54, 1.807) is 11.9 Å². The first-order valence-corrected chi connectivity index (χ1v) is 17.4. The maximum atomic E-state index is 14.7. The molecule has 0 bridgehead atoms. The second-order valence-electron chi connectivity index (χ2n) is 13.6. The molecule has 1 N–H and O–H groups in total. The molecule has 0 spiro atoms. The number of hydrogen-bond donors (Lipinski definition) is 1. The zero-order chi connectivity index (χ0) is 35.9. The molecule has 2 aliphatic heterocycles. The van der Waals surface area contributed by atoms with Crippen molar-refractivity contribution in [3.8, 4) is 17.0 Å². The van der Waals surface area contributed by atoms with E-state index >= 15 is 0 Å². The number of hydrogen-bond acceptors (Lipinski definition) is 4. The van der Waals surface area contributed by atoms with Gasteiger partial charge < -0.3 is 24.0 Å². The molecular weight excluding hydrogens is 652 g/mol. The second-order valence-corrected chi connectivity index (χ2v) is 13.6. The van der Waals surface area contributed by atoms with Crippen molar-refractivity contribution < 1.29 is 24.2 Å². The molecule has 9 heteroatoms. The Bertz CT molecular complexity index is 2330. The summed E-state index contributed by atoms with van der Waals surface area (Å²) in [5.41, 5.74) is 8.79. The van der Waals surface area contributed by atoms with Crippen LogP contribution >= 0.6 is 0 Å². The lowest BCUT2D eigenvalue weighted by Gasteiger charge is -2.35. The van der Waals surface area contributed by atoms with Crippen LogP contribution in [-0.4, -0.2) is 50.3 Å². The van der Waals surface area contributed by atoms with Gasteiger partial charge in [0.15, 0.2) is 0 Å². The number of ether oxygens (including phenoxy) is 1. The maximum Gasteiger partial charge on any atom is 0.407 e. The van der Waals surface area contributed by atoms with Crippen molar-refractivity contribution >= 4 is 29.1 Å². The largest absolute Gasteiger partial charge is 0.489 e. The Morgan fingerprint density at radius 2 is 1.46 bits per heavy atom. The zero-order valence-electron chi connectivity index (χ0n) is 29.0. The van der Waals surface area contributed by atoms with Gasteiger partial charge in [-0.25, -0.2) is 4.79 Å². The molecule has 6 aromatic rings. The van der Waals surface area contributed by atoms with Crippen LogP contribution in [0.15, 0.2) is 121 Å². The minimum atomic E-state index is -1.01. The van der Waals surface area contributed by atoms with Crippen LogP contribution in [0.3, 0.4) is 0 Å². The van der Waals surface area contributed by atoms with Gasteiger partial charge in [-0.1, -0.05) is 60.7 Å². The van der Waals surface area contributed by atoms with Gasteiger partial charge in [0.05, 0.1) is 16.8 Å². The van der Waals surface area contributed by atoms with E-state index in [1.165, 1.54) is 10.5 Å². The summed E-state index contributed by atoms with van der Waals surface area (Å²) in [7, 11) is 1.74. The number of fused-ring (bicyclic) bond motifs is 3. The molecule has 3 amide bonds. The van der Waals surface area contributed by atoms with Gasteiger partial charge in [0.1, 0.15) is 12.4 Å². The van der Waals surface area contributed by atoms with Crippen LogP contribution in [0.1, 0.15) is 55.5 Å². The molecule has 9 nitrogen and oxygen atoms in total. The number of nitrogens with zero attached hydrogens (tertiary/aromatic N) is 4. The van der Waals surface area contributed by atoms with Crippen molar-refractivity contribution in [1.29, 1.82) is 0 Å². The summed E-state index contributed by atoms with van der Waals surface area (Å²) < 4.78 is 7.90. The minimum absolute atomic E-state index is 0.0380. The average molecular weight is 691 g/mol. The summed E-state index contributed by atoms with van der Waals surface area (Å²) in [5.74, 6) is 0.367. The number of aromatic nitrogens is 1. The van der Waals surface area contributed by atoms with Gasteiger partial charge in [0, 0.05) is 55.7 Å². The first kappa shape index (κ1) is 32.8. The molecule has 0 unspecified atom stereocenters. The summed E-state index contributed by atoms with van der Waals surface area (Å²) in [6.07, 6.45) is 1.63. The molecular formula is C43H38N4O5. The molecule has 0 fully saturated rings. The van der Waals surface area contributed by atoms with Gasteiger partial charge in [-0.15, -0.1) is 0 Å². The molecule has 0 saturated carbocycles. The molecule has 0 radical (unpaired) electrons. The number of anilines is 1. The van der Waals surface area contributed by atoms with Gasteiger partial charge in [-0.05, 0) is 95.8 Å². The Morgan fingerprint density at radius 1 is 0.769 bits per heavy atom. The summed E-state index contributed by atoms with van der Waals surface area (Å²) >= 11 is 0. The highest BCUT2D eigenvalue weighted by molar-refractivity contribution is 6.12. The molecule has 52 heavy (non-hydrogen) atoms. The van der Waals surface area contributed by atoms with Crippen LogP contribution in [0, 0.1) is 0 Å². The van der Waals surface area contributed by atoms with Crippen LogP contribution < -0.4 is 9.64 Å². The highest BCUT2D eigenvalue weighted by Gasteiger charge is 2.33. The van der Waals surface area contributed by atoms with Gasteiger partial charge in [0.25, 0.3) is 11.8 Å². The standard InChI is InChI=1S/C43H38N4O5/c1-28-20-30-12-6-7-13-31(30)26-47(28)42(49)37-22-33-25-45(43(50)51)24-32(33)21-36(37)40-23-38(39-14-8-9-19-46(39)40)41(48)44(2)34-15-17-35(18-16-34)52-27-29-10-4-3-5-11-29/h3-19,21-23,28H,20,24-27H2,1-2H3,(H,50,51)/t28-/m1/s1. The molecule has 4 heterocycles. The van der Waals surface area contributed by atoms with Crippen LogP contribution in [-0.2, 0) is 32.7 Å². The predicted molar refractivity (Wildman–Crippen MR) is 200 cm³/mol. The minimum Gasteiger partial charge on any atom is -0.489 e. The lowest BCUT2D eigenvalue weighted by molar-refractivity contribution is 0.0658. The van der Waals surface area contributed by atoms with E-state index in [0.29, 0.717) is 52.5 Å². The van der Waals surface area contributed by atoms with E-state index in [-0.39, 0.29) is 30.9 Å². The number of carbonyl (C=O) groups excluding carboxylic acids is 2. The molecule has 2 aliphatic rings. The van der Waals surface area contributed by atoms with E-state index in [9.17, 15) is 19.5 Å². The highest BCUT2D eigenvalue weighted by atomic mass is 16.5. The third-order valence-electron chi connectivity index (χ3n) is 10.3. The lowest BCUT2D eigenvalue weighted by Crippen LogP contribution is -2.42. The van der Waals surface area contributed by atoms with Crippen molar-refractivity contribution in [2.45, 2.75) is 45.6 Å². The van der Waals surface area contributed by atoms with Crippen molar-refractivity contribution in [3.05, 3.63) is 160 Å². The van der Waals surface area contributed by atoms with Crippen molar-refractivity contribution in [1.82, 2.24) is 14.2 Å². The summed E-state index contributed by atoms with van der Waals surface area (Å²) in [6.45, 7) is 3.42. The molecule has 0 aliphatic carbocycles. The Kier molecular flexibility index (Phi) is 8.47. The highest BCUT2D eigenvalue weighted by Crippen LogP contribution is 2.37. The predicted octanol–water partition coefficient (Wildman–Crippen LogP) is 8.04. The maximum absolute atomic E-state index is 14.7. The normalized spacial score (nSPS) is 14.9. The number of carboxylic acid groups (broad SMARTS) is 1. The summed E-state index contributed by atoms with van der Waals surface area (Å²) in [6, 6.07) is 36.9. The van der Waals surface area contributed by atoms with Crippen molar-refractivity contribution in [3.63, 3.8) is 0 Å². The van der Waals surface area contributed by atoms with Crippen LogP contribution in [0.5, 0.6) is 5.75 Å². The second kappa shape index (κ2) is 13.4. The fourth-order valence-electron chi connectivity index (χ4n) is 7.42. The quantitative estimate of drug-likeness (QED) is 0.183. The first-order valence-electron chi connectivity index (χ1n) is 17.4. The van der Waals surface area contributed by atoms with Gasteiger partial charge >= 0.3 is 6.09 Å². The van der Waals surface area contributed by atoms with Crippen LogP contribution in [0.2, 0.25) is 0 Å². The number of carbonyl (C=O) groups is 3. The van der Waals surface area contributed by atoms with Gasteiger partial charge in [-0.2, -0.15) is 0 Å². The van der Waals surface area contributed by atoms with E-state index in [2.05, 4.69) is 19.1 Å². The third-order valence-corrected chi connectivity index (χ3v) is 10.3. The zero-order valence-corrected chi connectivity index (χ0v) is 29.0. The lowest BCUT2D eigenvalue weighted by atomic mass is 9.92. The van der Waals surface area contributed by atoms with E-state index in [0.717, 1.165) is 28.7 Å². The summed E-state index contributed by atoms with van der Waals surface area (Å²) in [4.78, 5) is 45.8. The Labute approximate surface area is 301 Å². The molecule has 4 aromatic carbocycles. The molecule has 2 aromatic heterocycles. The first-order chi connectivity index (χ1) is 25.2. The van der Waals surface area contributed by atoms with Crippen LogP contribution in [0.4, 0.5) is 10.5 Å². The summed E-state index contributed by atoms with van der Waals surface area (Å²) in [5, 5.41) is 9.82. The van der Waals surface area contributed by atoms with E-state index in [4.69, 9.17) is 4.74 Å². The fraction of sp³-hybridized carbons (Fsp3) is 0.186. The Hall–Kier alpha value is -6.35. The van der Waals surface area contributed by atoms with E-state index < -0.39 is 6.09 Å². The van der Waals surface area contributed by atoms with Gasteiger partial charge in [-0.3, -0.25) is 14.5 Å². The number of rotatable bonds is 7. The molecule has 260 valence electrons. The number of pyridine rings is 1. The third kappa shape index (κ3) is 6.04. The van der Waals surface area contributed by atoms with Gasteiger partial charge in [0.2, 0.25) is 0 Å². The smallest absolute Gasteiger partial charge is 0.407 e. The Balaban J connectivity index is 1.15. The fourth-order valence-corrected chi connectivity index (χ4v) is 7.42. The SMILES string of the molecule is C[C@@H]1Cc2ccccc2CN1C(=O)c1cc2c(cc1-c1cc(C(=O)N(C)c3ccc(OCc4ccccc4)cc3)c3ccccn13)CN(C(=O)O)C2. The average Bonchev–Trinajstić information content (AvgIpc) is 3.78.